The number of rotatable bonds is 10. The Morgan fingerprint density at radius 2 is 1.41 bits per heavy atom. The van der Waals surface area contributed by atoms with Crippen molar-refractivity contribution >= 4 is 22.4 Å². The minimum atomic E-state index is -5.76. The SMILES string of the molecule is CC(C)(CCC[C@@](C)(CC#CC(O[Si](C)(C)C)(C(F)(F)F)C(F)(F)F)C1CCC2C(=O)CCC[C@@]21C)O[Si](C)(C)C. The van der Waals surface area contributed by atoms with Crippen molar-refractivity contribution in [2.75, 3.05) is 0 Å². The highest BCUT2D eigenvalue weighted by Gasteiger charge is 2.73. The Labute approximate surface area is 245 Å². The van der Waals surface area contributed by atoms with Crippen LogP contribution in [0.4, 0.5) is 26.3 Å². The van der Waals surface area contributed by atoms with Crippen LogP contribution in [0.1, 0.15) is 85.5 Å². The molecule has 4 atom stereocenters. The fourth-order valence-electron chi connectivity index (χ4n) is 7.53. The maximum absolute atomic E-state index is 14.1. The predicted octanol–water partition coefficient (Wildman–Crippen LogP) is 9.69. The molecule has 2 fully saturated rings. The monoisotopic (exact) mass is 628 g/mol. The Morgan fingerprint density at radius 3 is 1.90 bits per heavy atom. The van der Waals surface area contributed by atoms with E-state index in [2.05, 4.69) is 32.5 Å². The molecule has 0 heterocycles. The van der Waals surface area contributed by atoms with Crippen LogP contribution >= 0.6 is 0 Å². The highest BCUT2D eigenvalue weighted by atomic mass is 28.4. The van der Waals surface area contributed by atoms with Gasteiger partial charge in [-0.1, -0.05) is 26.2 Å². The van der Waals surface area contributed by atoms with Crippen molar-refractivity contribution in [1.82, 2.24) is 0 Å². The van der Waals surface area contributed by atoms with Crippen molar-refractivity contribution < 1.29 is 40.0 Å². The highest BCUT2D eigenvalue weighted by molar-refractivity contribution is 6.70. The molecule has 0 amide bonds. The number of hydrogen-bond donors (Lipinski definition) is 0. The van der Waals surface area contributed by atoms with Crippen molar-refractivity contribution in [2.24, 2.45) is 22.7 Å². The fourth-order valence-corrected chi connectivity index (χ4v) is 10.5. The summed E-state index contributed by atoms with van der Waals surface area (Å²) in [5.74, 6) is 4.03. The van der Waals surface area contributed by atoms with Gasteiger partial charge in [-0.3, -0.25) is 4.79 Å². The van der Waals surface area contributed by atoms with Crippen LogP contribution in [0, 0.1) is 34.5 Å². The summed E-state index contributed by atoms with van der Waals surface area (Å²) in [5, 5.41) is 0. The predicted molar refractivity (Wildman–Crippen MR) is 155 cm³/mol. The lowest BCUT2D eigenvalue weighted by Gasteiger charge is -2.48. The summed E-state index contributed by atoms with van der Waals surface area (Å²) in [6.45, 7) is 18.2. The van der Waals surface area contributed by atoms with E-state index >= 15 is 0 Å². The van der Waals surface area contributed by atoms with Crippen LogP contribution in [0.2, 0.25) is 39.3 Å². The molecular weight excluding hydrogens is 578 g/mol. The van der Waals surface area contributed by atoms with Crippen LogP contribution in [0.25, 0.3) is 0 Å². The molecule has 2 aliphatic rings. The molecule has 0 N–H and O–H groups in total. The average Bonchev–Trinajstić information content (AvgIpc) is 3.07. The third-order valence-corrected chi connectivity index (χ3v) is 10.9. The van der Waals surface area contributed by atoms with Gasteiger partial charge < -0.3 is 8.85 Å². The number of fused-ring (bicyclic) bond motifs is 1. The number of carbonyl (C=O) groups is 1. The van der Waals surface area contributed by atoms with Crippen LogP contribution in [0.15, 0.2) is 0 Å². The summed E-state index contributed by atoms with van der Waals surface area (Å²) in [7, 11) is -5.17. The second-order valence-electron chi connectivity index (χ2n) is 15.4. The van der Waals surface area contributed by atoms with Crippen molar-refractivity contribution in [2.45, 2.75) is 148 Å². The van der Waals surface area contributed by atoms with Gasteiger partial charge in [0.25, 0.3) is 0 Å². The van der Waals surface area contributed by atoms with E-state index in [1.807, 2.05) is 20.8 Å². The lowest BCUT2D eigenvalue weighted by molar-refractivity contribution is -0.336. The number of hydrogen-bond acceptors (Lipinski definition) is 3. The number of carbonyl (C=O) groups excluding carboxylic acids is 1. The second kappa shape index (κ2) is 11.9. The molecule has 0 radical (unpaired) electrons. The molecular formula is C30H50F6O3Si2. The molecule has 11 heteroatoms. The van der Waals surface area contributed by atoms with E-state index in [0.717, 1.165) is 12.8 Å². The minimum Gasteiger partial charge on any atom is -0.413 e. The molecule has 0 aromatic carbocycles. The molecule has 0 aliphatic heterocycles. The molecule has 0 spiro atoms. The van der Waals surface area contributed by atoms with E-state index in [1.165, 1.54) is 19.6 Å². The van der Waals surface area contributed by atoms with Crippen molar-refractivity contribution in [3.63, 3.8) is 0 Å². The maximum atomic E-state index is 14.1. The van der Waals surface area contributed by atoms with Gasteiger partial charge in [0, 0.05) is 18.8 Å². The molecule has 238 valence electrons. The Morgan fingerprint density at radius 1 is 0.878 bits per heavy atom. The molecule has 2 aliphatic carbocycles. The van der Waals surface area contributed by atoms with Crippen LogP contribution < -0.4 is 0 Å². The summed E-state index contributed by atoms with van der Waals surface area (Å²) < 4.78 is 96.0. The Bertz CT molecular complexity index is 985. The fraction of sp³-hybridized carbons (Fsp3) is 0.900. The lowest BCUT2D eigenvalue weighted by Crippen LogP contribution is -2.61. The van der Waals surface area contributed by atoms with Gasteiger partial charge in [0.05, 0.1) is 5.60 Å². The first-order valence-corrected chi connectivity index (χ1v) is 21.6. The lowest BCUT2D eigenvalue weighted by atomic mass is 9.56. The Balaban J connectivity index is 2.51. The van der Waals surface area contributed by atoms with Crippen molar-refractivity contribution in [3.05, 3.63) is 0 Å². The van der Waals surface area contributed by atoms with E-state index in [4.69, 9.17) is 8.85 Å². The van der Waals surface area contributed by atoms with Crippen molar-refractivity contribution in [3.8, 4) is 11.8 Å². The van der Waals surface area contributed by atoms with Gasteiger partial charge in [-0.15, -0.1) is 0 Å². The Hall–Kier alpha value is -0.836. The summed E-state index contributed by atoms with van der Waals surface area (Å²) in [5.41, 5.74) is -5.99. The van der Waals surface area contributed by atoms with E-state index in [1.54, 1.807) is 5.92 Å². The third kappa shape index (κ3) is 8.63. The third-order valence-electron chi connectivity index (χ3n) is 8.83. The minimum absolute atomic E-state index is 0.0522. The zero-order valence-corrected chi connectivity index (χ0v) is 28.5. The molecule has 2 rings (SSSR count). The molecule has 2 saturated carbocycles. The van der Waals surface area contributed by atoms with Gasteiger partial charge in [-0.25, -0.2) is 0 Å². The maximum Gasteiger partial charge on any atom is 0.437 e. The number of halogens is 6. The number of Topliss-reactive ketones (excluding diaryl/α,β-unsaturated/α-hetero) is 1. The van der Waals surface area contributed by atoms with Gasteiger partial charge in [-0.2, -0.15) is 26.3 Å². The van der Waals surface area contributed by atoms with Gasteiger partial charge in [0.2, 0.25) is 0 Å². The first kappa shape index (κ1) is 36.4. The molecule has 3 nitrogen and oxygen atoms in total. The van der Waals surface area contributed by atoms with E-state index in [9.17, 15) is 31.1 Å². The summed E-state index contributed by atoms with van der Waals surface area (Å²) in [6.07, 6.45) is -6.24. The smallest absolute Gasteiger partial charge is 0.413 e. The van der Waals surface area contributed by atoms with Crippen molar-refractivity contribution in [1.29, 1.82) is 0 Å². The molecule has 0 aromatic rings. The standard InChI is InChI=1S/C30H50F6O3Si2/c1-25(2,38-40(5,6)7)17-12-18-26(3,24-16-15-22-23(37)14-11-20-27(22,24)4)19-13-21-28(29(31,32)33,30(34,35)36)39-41(8,9)10/h22,24H,11-12,14-20H2,1-10H3/t22?,24?,26-,27-/m0/s1. The molecule has 0 aromatic heterocycles. The van der Waals surface area contributed by atoms with Crippen LogP contribution in [0.3, 0.4) is 0 Å². The molecule has 2 unspecified atom stereocenters. The van der Waals surface area contributed by atoms with E-state index < -0.39 is 45.6 Å². The number of ketones is 1. The molecule has 0 bridgehead atoms. The second-order valence-corrected chi connectivity index (χ2v) is 24.2. The summed E-state index contributed by atoms with van der Waals surface area (Å²) >= 11 is 0. The first-order chi connectivity index (χ1) is 18.2. The van der Waals surface area contributed by atoms with Crippen LogP contribution in [-0.4, -0.2) is 46.0 Å². The summed E-state index contributed by atoms with van der Waals surface area (Å²) in [4.78, 5) is 12.8. The quantitative estimate of drug-likeness (QED) is 0.137. The molecule has 0 saturated heterocycles. The first-order valence-electron chi connectivity index (χ1n) is 14.7. The zero-order chi connectivity index (χ0) is 31.9. The van der Waals surface area contributed by atoms with E-state index in [0.29, 0.717) is 38.5 Å². The topological polar surface area (TPSA) is 35.5 Å². The van der Waals surface area contributed by atoms with Gasteiger partial charge in [0.15, 0.2) is 16.6 Å². The summed E-state index contributed by atoms with van der Waals surface area (Å²) in [6, 6.07) is 0. The van der Waals surface area contributed by atoms with Crippen LogP contribution in [-0.2, 0) is 13.6 Å². The largest absolute Gasteiger partial charge is 0.437 e. The van der Waals surface area contributed by atoms with E-state index in [-0.39, 0.29) is 29.5 Å². The van der Waals surface area contributed by atoms with Crippen LogP contribution in [0.5, 0.6) is 0 Å². The van der Waals surface area contributed by atoms with Gasteiger partial charge in [0.1, 0.15) is 5.78 Å². The Kier molecular flexibility index (Phi) is 10.6. The molecule has 41 heavy (non-hydrogen) atoms. The van der Waals surface area contributed by atoms with Gasteiger partial charge >= 0.3 is 18.0 Å². The zero-order valence-electron chi connectivity index (χ0n) is 26.5. The average molecular weight is 629 g/mol. The normalized spacial score (nSPS) is 26.3. The highest BCUT2D eigenvalue weighted by Crippen LogP contribution is 2.61. The number of alkyl halides is 6. The van der Waals surface area contributed by atoms with Gasteiger partial charge in [-0.05, 0) is 114 Å².